The molecule has 0 aliphatic carbocycles. The standard InChI is InChI=1S/C8H12N2O4/c1-4-6-5(10(4)8(13)14)2-3-9(6)7(11)12/h4-6H,2-3H2,1H3,(H,11,12)(H,13,14)/t4-,5-,6-/m1/s1. The van der Waals surface area contributed by atoms with Gasteiger partial charge in [0.2, 0.25) is 0 Å². The van der Waals surface area contributed by atoms with E-state index in [-0.39, 0.29) is 18.1 Å². The Morgan fingerprint density at radius 2 is 1.93 bits per heavy atom. The van der Waals surface area contributed by atoms with Crippen LogP contribution < -0.4 is 0 Å². The van der Waals surface area contributed by atoms with Gasteiger partial charge >= 0.3 is 12.2 Å². The second kappa shape index (κ2) is 2.76. The molecule has 6 nitrogen and oxygen atoms in total. The molecule has 0 unspecified atom stereocenters. The zero-order valence-corrected chi connectivity index (χ0v) is 7.75. The summed E-state index contributed by atoms with van der Waals surface area (Å²) in [5.41, 5.74) is 0. The van der Waals surface area contributed by atoms with Gasteiger partial charge < -0.3 is 15.1 Å². The van der Waals surface area contributed by atoms with Crippen molar-refractivity contribution < 1.29 is 19.8 Å². The molecule has 2 aliphatic heterocycles. The van der Waals surface area contributed by atoms with E-state index in [1.54, 1.807) is 6.92 Å². The zero-order chi connectivity index (χ0) is 10.5. The van der Waals surface area contributed by atoms with E-state index < -0.39 is 12.2 Å². The summed E-state index contributed by atoms with van der Waals surface area (Å²) in [6.45, 7) is 2.19. The number of carbonyl (C=O) groups is 2. The van der Waals surface area contributed by atoms with Gasteiger partial charge in [-0.05, 0) is 13.3 Å². The van der Waals surface area contributed by atoms with Gasteiger partial charge in [-0.15, -0.1) is 0 Å². The van der Waals surface area contributed by atoms with Crippen LogP contribution in [0.15, 0.2) is 0 Å². The maximum Gasteiger partial charge on any atom is 0.407 e. The number of amides is 2. The lowest BCUT2D eigenvalue weighted by Gasteiger charge is -2.50. The number of nitrogens with zero attached hydrogens (tertiary/aromatic N) is 2. The molecule has 0 bridgehead atoms. The van der Waals surface area contributed by atoms with Crippen LogP contribution >= 0.6 is 0 Å². The Morgan fingerprint density at radius 1 is 1.29 bits per heavy atom. The van der Waals surface area contributed by atoms with Crippen LogP contribution in [0.25, 0.3) is 0 Å². The summed E-state index contributed by atoms with van der Waals surface area (Å²) in [5, 5.41) is 17.7. The third-order valence-electron chi connectivity index (χ3n) is 3.18. The summed E-state index contributed by atoms with van der Waals surface area (Å²) in [7, 11) is 0. The summed E-state index contributed by atoms with van der Waals surface area (Å²) in [5.74, 6) is 0. The van der Waals surface area contributed by atoms with Gasteiger partial charge in [-0.2, -0.15) is 0 Å². The molecule has 2 saturated heterocycles. The maximum atomic E-state index is 10.8. The molecule has 6 heteroatoms. The first-order chi connectivity index (χ1) is 6.54. The van der Waals surface area contributed by atoms with Crippen LogP contribution in [0.5, 0.6) is 0 Å². The summed E-state index contributed by atoms with van der Waals surface area (Å²) in [6.07, 6.45) is -1.28. The van der Waals surface area contributed by atoms with E-state index in [4.69, 9.17) is 10.2 Å². The van der Waals surface area contributed by atoms with Crippen molar-refractivity contribution in [3.8, 4) is 0 Å². The summed E-state index contributed by atoms with van der Waals surface area (Å²) < 4.78 is 0. The van der Waals surface area contributed by atoms with E-state index in [2.05, 4.69) is 0 Å². The molecule has 0 aromatic heterocycles. The minimum atomic E-state index is -0.953. The fourth-order valence-electron chi connectivity index (χ4n) is 2.59. The Balaban J connectivity index is 2.12. The van der Waals surface area contributed by atoms with Crippen LogP contribution in [0.3, 0.4) is 0 Å². The van der Waals surface area contributed by atoms with Crippen molar-refractivity contribution in [2.24, 2.45) is 0 Å². The Kier molecular flexibility index (Phi) is 1.80. The lowest BCUT2D eigenvalue weighted by molar-refractivity contribution is -0.0153. The molecule has 0 aromatic carbocycles. The van der Waals surface area contributed by atoms with E-state index in [1.807, 2.05) is 0 Å². The normalized spacial score (nSPS) is 35.1. The number of carboxylic acid groups (broad SMARTS) is 2. The minimum Gasteiger partial charge on any atom is -0.465 e. The van der Waals surface area contributed by atoms with Crippen LogP contribution in [0.2, 0.25) is 0 Å². The SMILES string of the molecule is C[C@@H]1[C@@H]2[C@@H](CCN2C(=O)O)N1C(=O)O. The average Bonchev–Trinajstić information content (AvgIpc) is 2.42. The first kappa shape index (κ1) is 9.11. The van der Waals surface area contributed by atoms with Gasteiger partial charge in [0.25, 0.3) is 0 Å². The summed E-state index contributed by atoms with van der Waals surface area (Å²) >= 11 is 0. The van der Waals surface area contributed by atoms with Gasteiger partial charge in [0.15, 0.2) is 0 Å². The van der Waals surface area contributed by atoms with Gasteiger partial charge in [-0.3, -0.25) is 4.90 Å². The molecular weight excluding hydrogens is 188 g/mol. The number of hydrogen-bond acceptors (Lipinski definition) is 2. The van der Waals surface area contributed by atoms with Gasteiger partial charge in [-0.25, -0.2) is 9.59 Å². The lowest BCUT2D eigenvalue weighted by Crippen LogP contribution is -2.69. The molecule has 3 atom stereocenters. The molecule has 2 rings (SSSR count). The Morgan fingerprint density at radius 3 is 2.43 bits per heavy atom. The van der Waals surface area contributed by atoms with E-state index in [0.717, 1.165) is 0 Å². The van der Waals surface area contributed by atoms with Crippen molar-refractivity contribution in [2.75, 3.05) is 6.54 Å². The van der Waals surface area contributed by atoms with E-state index in [9.17, 15) is 9.59 Å². The van der Waals surface area contributed by atoms with Crippen LogP contribution in [-0.4, -0.2) is 56.9 Å². The maximum absolute atomic E-state index is 10.8. The quantitative estimate of drug-likeness (QED) is 0.596. The second-order valence-corrected chi connectivity index (χ2v) is 3.75. The molecule has 0 spiro atoms. The predicted octanol–water partition coefficient (Wildman–Crippen LogP) is 0.489. The Hall–Kier alpha value is -1.46. The first-order valence-corrected chi connectivity index (χ1v) is 4.55. The summed E-state index contributed by atoms with van der Waals surface area (Å²) in [6, 6.07) is -0.474. The highest BCUT2D eigenvalue weighted by molar-refractivity contribution is 5.71. The van der Waals surface area contributed by atoms with Crippen LogP contribution in [-0.2, 0) is 0 Å². The van der Waals surface area contributed by atoms with Crippen molar-refractivity contribution in [1.82, 2.24) is 9.80 Å². The fraction of sp³-hybridized carbons (Fsp3) is 0.750. The van der Waals surface area contributed by atoms with Gasteiger partial charge in [0.1, 0.15) is 0 Å². The van der Waals surface area contributed by atoms with E-state index >= 15 is 0 Å². The largest absolute Gasteiger partial charge is 0.465 e. The van der Waals surface area contributed by atoms with Crippen molar-refractivity contribution >= 4 is 12.2 Å². The second-order valence-electron chi connectivity index (χ2n) is 3.75. The van der Waals surface area contributed by atoms with Crippen molar-refractivity contribution in [3.05, 3.63) is 0 Å². The number of fused-ring (bicyclic) bond motifs is 1. The molecule has 2 heterocycles. The van der Waals surface area contributed by atoms with E-state index in [1.165, 1.54) is 9.80 Å². The molecule has 0 radical (unpaired) electrons. The van der Waals surface area contributed by atoms with Crippen LogP contribution in [0, 0.1) is 0 Å². The van der Waals surface area contributed by atoms with Gasteiger partial charge in [0, 0.05) is 6.54 Å². The molecule has 78 valence electrons. The minimum absolute atomic E-state index is 0.126. The fourth-order valence-corrected chi connectivity index (χ4v) is 2.59. The van der Waals surface area contributed by atoms with E-state index in [0.29, 0.717) is 13.0 Å². The number of hydrogen-bond donors (Lipinski definition) is 2. The highest BCUT2D eigenvalue weighted by atomic mass is 16.4. The van der Waals surface area contributed by atoms with Crippen molar-refractivity contribution in [2.45, 2.75) is 31.5 Å². The predicted molar refractivity (Wildman–Crippen MR) is 46.2 cm³/mol. The van der Waals surface area contributed by atoms with Crippen LogP contribution in [0.4, 0.5) is 9.59 Å². The number of rotatable bonds is 0. The first-order valence-electron chi connectivity index (χ1n) is 4.55. The Labute approximate surface area is 80.7 Å². The molecule has 2 amide bonds. The van der Waals surface area contributed by atoms with Crippen molar-refractivity contribution in [3.63, 3.8) is 0 Å². The highest BCUT2D eigenvalue weighted by Crippen LogP contribution is 2.37. The average molecular weight is 200 g/mol. The molecule has 2 aliphatic rings. The molecule has 14 heavy (non-hydrogen) atoms. The number of likely N-dealkylation sites (tertiary alicyclic amines) is 2. The van der Waals surface area contributed by atoms with Crippen molar-refractivity contribution in [1.29, 1.82) is 0 Å². The zero-order valence-electron chi connectivity index (χ0n) is 7.75. The summed E-state index contributed by atoms with van der Waals surface area (Å²) in [4.78, 5) is 24.2. The molecule has 0 aromatic rings. The lowest BCUT2D eigenvalue weighted by atomic mass is 9.89. The van der Waals surface area contributed by atoms with Crippen LogP contribution in [0.1, 0.15) is 13.3 Å². The van der Waals surface area contributed by atoms with Gasteiger partial charge in [-0.1, -0.05) is 0 Å². The molecule has 2 fully saturated rings. The molecule has 0 saturated carbocycles. The smallest absolute Gasteiger partial charge is 0.407 e. The third-order valence-corrected chi connectivity index (χ3v) is 3.18. The Bertz CT molecular complexity index is 281. The highest BCUT2D eigenvalue weighted by Gasteiger charge is 2.56. The molecule has 2 N–H and O–H groups in total. The molecular formula is C8H12N2O4. The third kappa shape index (κ3) is 0.964. The monoisotopic (exact) mass is 200 g/mol. The van der Waals surface area contributed by atoms with Gasteiger partial charge in [0.05, 0.1) is 18.1 Å². The topological polar surface area (TPSA) is 81.1 Å².